The lowest BCUT2D eigenvalue weighted by molar-refractivity contribution is -0.384. The van der Waals surface area contributed by atoms with Crippen LogP contribution in [0.15, 0.2) is 52.7 Å². The Kier molecular flexibility index (Phi) is 8.22. The zero-order valence-corrected chi connectivity index (χ0v) is 15.8. The van der Waals surface area contributed by atoms with Crippen molar-refractivity contribution in [3.63, 3.8) is 0 Å². The van der Waals surface area contributed by atoms with Crippen LogP contribution in [0.2, 0.25) is 0 Å². The molecule has 2 rings (SSSR count). The Hall–Kier alpha value is -2.96. The van der Waals surface area contributed by atoms with E-state index in [-0.39, 0.29) is 5.69 Å². The number of nitro benzene ring substituents is 1. The van der Waals surface area contributed by atoms with Gasteiger partial charge in [0.25, 0.3) is 5.69 Å². The first-order valence-corrected chi connectivity index (χ1v) is 9.20. The third-order valence-corrected chi connectivity index (χ3v) is 3.79. The Balaban J connectivity index is 2.15. The molecule has 144 valence electrons. The number of azo groups is 1. The number of hydrogen-bond donors (Lipinski definition) is 0. The van der Waals surface area contributed by atoms with E-state index in [0.717, 1.165) is 31.4 Å². The normalized spacial score (nSPS) is 10.9. The van der Waals surface area contributed by atoms with Crippen molar-refractivity contribution in [3.8, 4) is 11.5 Å². The van der Waals surface area contributed by atoms with E-state index >= 15 is 0 Å². The molecular weight excluding hydrogens is 346 g/mol. The van der Waals surface area contributed by atoms with E-state index in [0.29, 0.717) is 30.3 Å². The largest absolute Gasteiger partial charge is 0.493 e. The SMILES string of the molecule is CCCCOc1ccc(N=Nc2ccc([N+](=O)[O-])cc2)c(OCCCC)c1. The van der Waals surface area contributed by atoms with Crippen molar-refractivity contribution in [3.05, 3.63) is 52.6 Å². The summed E-state index contributed by atoms with van der Waals surface area (Å²) >= 11 is 0. The first-order chi connectivity index (χ1) is 13.1. The average Bonchev–Trinajstić information content (AvgIpc) is 2.68. The quantitative estimate of drug-likeness (QED) is 0.199. The standard InChI is InChI=1S/C20H25N3O4/c1-3-5-13-26-18-11-12-19(20(15-18)27-14-6-4-2)22-21-16-7-9-17(10-8-16)23(24)25/h7-12,15H,3-6,13-14H2,1-2H3. The number of unbranched alkanes of at least 4 members (excludes halogenated alkanes) is 2. The lowest BCUT2D eigenvalue weighted by atomic mass is 10.2. The summed E-state index contributed by atoms with van der Waals surface area (Å²) < 4.78 is 11.6. The lowest BCUT2D eigenvalue weighted by Crippen LogP contribution is -1.99. The van der Waals surface area contributed by atoms with E-state index in [1.54, 1.807) is 18.2 Å². The van der Waals surface area contributed by atoms with Crippen molar-refractivity contribution in [2.45, 2.75) is 39.5 Å². The van der Waals surface area contributed by atoms with Gasteiger partial charge in [0.2, 0.25) is 0 Å². The second-order valence-electron chi connectivity index (χ2n) is 6.01. The van der Waals surface area contributed by atoms with Gasteiger partial charge in [-0.15, -0.1) is 5.11 Å². The van der Waals surface area contributed by atoms with Crippen LogP contribution in [0.3, 0.4) is 0 Å². The Bertz CT molecular complexity index is 760. The van der Waals surface area contributed by atoms with E-state index < -0.39 is 4.92 Å². The van der Waals surface area contributed by atoms with Crippen LogP contribution in [0.1, 0.15) is 39.5 Å². The number of hydrogen-bond acceptors (Lipinski definition) is 6. The number of rotatable bonds is 11. The van der Waals surface area contributed by atoms with E-state index in [1.165, 1.54) is 12.1 Å². The molecule has 0 saturated carbocycles. The smallest absolute Gasteiger partial charge is 0.269 e. The predicted octanol–water partition coefficient (Wildman–Crippen LogP) is 6.37. The van der Waals surface area contributed by atoms with Gasteiger partial charge in [0, 0.05) is 18.2 Å². The fourth-order valence-corrected chi connectivity index (χ4v) is 2.20. The molecule has 0 heterocycles. The molecule has 0 aliphatic carbocycles. The van der Waals surface area contributed by atoms with Gasteiger partial charge in [0.05, 0.1) is 23.8 Å². The summed E-state index contributed by atoms with van der Waals surface area (Å²) in [6, 6.07) is 11.4. The third-order valence-electron chi connectivity index (χ3n) is 3.79. The van der Waals surface area contributed by atoms with Crippen molar-refractivity contribution in [2.24, 2.45) is 10.2 Å². The van der Waals surface area contributed by atoms with Gasteiger partial charge in [-0.1, -0.05) is 26.7 Å². The molecule has 0 aliphatic heterocycles. The summed E-state index contributed by atoms with van der Waals surface area (Å²) in [5.41, 5.74) is 1.14. The fraction of sp³-hybridized carbons (Fsp3) is 0.400. The molecule has 0 bridgehead atoms. The van der Waals surface area contributed by atoms with Gasteiger partial charge in [0.1, 0.15) is 17.2 Å². The average molecular weight is 371 g/mol. The Morgan fingerprint density at radius 1 is 0.926 bits per heavy atom. The molecule has 27 heavy (non-hydrogen) atoms. The zero-order valence-electron chi connectivity index (χ0n) is 15.8. The van der Waals surface area contributed by atoms with Crippen LogP contribution in [0.5, 0.6) is 11.5 Å². The second-order valence-corrected chi connectivity index (χ2v) is 6.01. The van der Waals surface area contributed by atoms with Crippen LogP contribution >= 0.6 is 0 Å². The minimum absolute atomic E-state index is 0.0196. The molecule has 0 aliphatic rings. The maximum Gasteiger partial charge on any atom is 0.269 e. The molecule has 0 atom stereocenters. The number of nitrogens with zero attached hydrogens (tertiary/aromatic N) is 3. The highest BCUT2D eigenvalue weighted by Crippen LogP contribution is 2.33. The van der Waals surface area contributed by atoms with Crippen LogP contribution in [0.25, 0.3) is 0 Å². The highest BCUT2D eigenvalue weighted by molar-refractivity contribution is 5.55. The van der Waals surface area contributed by atoms with Crippen molar-refractivity contribution in [1.29, 1.82) is 0 Å². The second kappa shape index (κ2) is 10.9. The van der Waals surface area contributed by atoms with Crippen LogP contribution in [-0.4, -0.2) is 18.1 Å². The fourth-order valence-electron chi connectivity index (χ4n) is 2.20. The van der Waals surface area contributed by atoms with Gasteiger partial charge in [-0.2, -0.15) is 5.11 Å². The van der Waals surface area contributed by atoms with Crippen molar-refractivity contribution < 1.29 is 14.4 Å². The molecule has 0 amide bonds. The molecule has 0 spiro atoms. The Labute approximate surface area is 159 Å². The monoisotopic (exact) mass is 371 g/mol. The first-order valence-electron chi connectivity index (χ1n) is 9.20. The highest BCUT2D eigenvalue weighted by Gasteiger charge is 2.07. The van der Waals surface area contributed by atoms with Crippen molar-refractivity contribution in [2.75, 3.05) is 13.2 Å². The van der Waals surface area contributed by atoms with Crippen LogP contribution in [0, 0.1) is 10.1 Å². The maximum absolute atomic E-state index is 10.7. The molecule has 0 fully saturated rings. The van der Waals surface area contributed by atoms with Gasteiger partial charge in [-0.3, -0.25) is 10.1 Å². The van der Waals surface area contributed by atoms with Gasteiger partial charge >= 0.3 is 0 Å². The van der Waals surface area contributed by atoms with E-state index in [1.807, 2.05) is 12.1 Å². The summed E-state index contributed by atoms with van der Waals surface area (Å²) in [5.74, 6) is 1.35. The van der Waals surface area contributed by atoms with Crippen molar-refractivity contribution in [1.82, 2.24) is 0 Å². The molecular formula is C20H25N3O4. The molecule has 2 aromatic rings. The lowest BCUT2D eigenvalue weighted by Gasteiger charge is -2.11. The molecule has 0 N–H and O–H groups in total. The Morgan fingerprint density at radius 2 is 1.59 bits per heavy atom. The third kappa shape index (κ3) is 6.69. The summed E-state index contributed by atoms with van der Waals surface area (Å²) in [7, 11) is 0. The van der Waals surface area contributed by atoms with E-state index in [2.05, 4.69) is 24.1 Å². The summed E-state index contributed by atoms with van der Waals surface area (Å²) in [6.07, 6.45) is 4.04. The van der Waals surface area contributed by atoms with Gasteiger partial charge in [0.15, 0.2) is 0 Å². The molecule has 0 saturated heterocycles. The van der Waals surface area contributed by atoms with Crippen LogP contribution in [0.4, 0.5) is 17.1 Å². The number of benzene rings is 2. The topological polar surface area (TPSA) is 86.3 Å². The number of nitro groups is 1. The summed E-state index contributed by atoms with van der Waals surface area (Å²) in [4.78, 5) is 10.3. The summed E-state index contributed by atoms with van der Waals surface area (Å²) in [5, 5.41) is 19.1. The molecule has 2 aromatic carbocycles. The molecule has 0 radical (unpaired) electrons. The minimum Gasteiger partial charge on any atom is -0.493 e. The van der Waals surface area contributed by atoms with Gasteiger partial charge < -0.3 is 9.47 Å². The van der Waals surface area contributed by atoms with Crippen LogP contribution < -0.4 is 9.47 Å². The zero-order chi connectivity index (χ0) is 19.5. The number of ether oxygens (including phenoxy) is 2. The first kappa shape index (κ1) is 20.4. The van der Waals surface area contributed by atoms with Gasteiger partial charge in [-0.25, -0.2) is 0 Å². The predicted molar refractivity (Wildman–Crippen MR) is 105 cm³/mol. The van der Waals surface area contributed by atoms with E-state index in [4.69, 9.17) is 9.47 Å². The van der Waals surface area contributed by atoms with Gasteiger partial charge in [-0.05, 0) is 37.1 Å². The summed E-state index contributed by atoms with van der Waals surface area (Å²) in [6.45, 7) is 5.47. The molecule has 7 heteroatoms. The van der Waals surface area contributed by atoms with Crippen LogP contribution in [-0.2, 0) is 0 Å². The van der Waals surface area contributed by atoms with E-state index in [9.17, 15) is 10.1 Å². The molecule has 0 unspecified atom stereocenters. The maximum atomic E-state index is 10.7. The highest BCUT2D eigenvalue weighted by atomic mass is 16.6. The Morgan fingerprint density at radius 3 is 2.22 bits per heavy atom. The minimum atomic E-state index is -0.447. The van der Waals surface area contributed by atoms with Crippen molar-refractivity contribution >= 4 is 17.1 Å². The molecule has 7 nitrogen and oxygen atoms in total. The molecule has 0 aromatic heterocycles. The number of non-ortho nitro benzene ring substituents is 1.